The molecule has 0 radical (unpaired) electrons. The highest BCUT2D eigenvalue weighted by Gasteiger charge is 2.15. The van der Waals surface area contributed by atoms with Gasteiger partial charge in [-0.3, -0.25) is 4.79 Å². The highest BCUT2D eigenvalue weighted by Crippen LogP contribution is 2.33. The third-order valence-corrected chi connectivity index (χ3v) is 5.53. The molecule has 0 fully saturated rings. The maximum atomic E-state index is 12.9. The lowest BCUT2D eigenvalue weighted by Crippen LogP contribution is -2.13. The molecule has 1 amide bonds. The van der Waals surface area contributed by atoms with E-state index in [1.165, 1.54) is 6.20 Å². The second kappa shape index (κ2) is 9.70. The van der Waals surface area contributed by atoms with Crippen molar-refractivity contribution in [1.82, 2.24) is 14.8 Å². The van der Waals surface area contributed by atoms with Crippen molar-refractivity contribution in [3.8, 4) is 23.0 Å². The Morgan fingerprint density at radius 3 is 2.35 bits per heavy atom. The Bertz CT molecular complexity index is 1350. The van der Waals surface area contributed by atoms with Gasteiger partial charge in [-0.25, -0.2) is 9.67 Å². The summed E-state index contributed by atoms with van der Waals surface area (Å²) in [6.07, 6.45) is 3.23. The molecular formula is C25H26N4O5. The molecule has 34 heavy (non-hydrogen) atoms. The quantitative estimate of drug-likeness (QED) is 0.422. The van der Waals surface area contributed by atoms with E-state index in [1.54, 1.807) is 51.5 Å². The van der Waals surface area contributed by atoms with Gasteiger partial charge < -0.3 is 24.3 Å². The molecule has 4 aromatic rings. The summed E-state index contributed by atoms with van der Waals surface area (Å²) >= 11 is 0. The smallest absolute Gasteiger partial charge is 0.257 e. The number of ether oxygens (including phenoxy) is 4. The molecule has 0 aliphatic rings. The highest BCUT2D eigenvalue weighted by atomic mass is 16.5. The molecule has 0 unspecified atom stereocenters. The average molecular weight is 463 g/mol. The minimum Gasteiger partial charge on any atom is -0.497 e. The average Bonchev–Trinajstić information content (AvgIpc) is 3.26. The third-order valence-electron chi connectivity index (χ3n) is 5.53. The van der Waals surface area contributed by atoms with Gasteiger partial charge in [-0.05, 0) is 36.8 Å². The predicted molar refractivity (Wildman–Crippen MR) is 128 cm³/mol. The molecule has 0 saturated heterocycles. The second-order valence-corrected chi connectivity index (χ2v) is 7.59. The van der Waals surface area contributed by atoms with Crippen molar-refractivity contribution in [2.75, 3.05) is 33.8 Å². The van der Waals surface area contributed by atoms with Gasteiger partial charge in [0.1, 0.15) is 11.5 Å². The zero-order valence-corrected chi connectivity index (χ0v) is 19.7. The minimum atomic E-state index is -0.283. The van der Waals surface area contributed by atoms with Crippen molar-refractivity contribution in [2.45, 2.75) is 13.5 Å². The Morgan fingerprint density at radius 1 is 0.912 bits per heavy atom. The summed E-state index contributed by atoms with van der Waals surface area (Å²) in [4.78, 5) is 17.4. The van der Waals surface area contributed by atoms with Gasteiger partial charge >= 0.3 is 0 Å². The van der Waals surface area contributed by atoms with E-state index in [2.05, 4.69) is 15.4 Å². The second-order valence-electron chi connectivity index (χ2n) is 7.59. The number of aromatic nitrogens is 3. The van der Waals surface area contributed by atoms with Crippen molar-refractivity contribution in [3.05, 3.63) is 65.5 Å². The van der Waals surface area contributed by atoms with Crippen molar-refractivity contribution >= 4 is 22.6 Å². The lowest BCUT2D eigenvalue weighted by molar-refractivity contribution is 0.102. The number of amides is 1. The summed E-state index contributed by atoms with van der Waals surface area (Å²) in [5.41, 5.74) is 3.49. The van der Waals surface area contributed by atoms with Crippen LogP contribution in [-0.4, -0.2) is 49.1 Å². The molecule has 1 N–H and O–H groups in total. The van der Waals surface area contributed by atoms with E-state index in [4.69, 9.17) is 18.9 Å². The van der Waals surface area contributed by atoms with Crippen LogP contribution in [-0.2, 0) is 6.54 Å². The van der Waals surface area contributed by atoms with E-state index in [9.17, 15) is 4.79 Å². The van der Waals surface area contributed by atoms with Crippen LogP contribution in [0.5, 0.6) is 23.0 Å². The van der Waals surface area contributed by atoms with Crippen LogP contribution in [0, 0.1) is 6.92 Å². The molecule has 0 bridgehead atoms. The summed E-state index contributed by atoms with van der Waals surface area (Å²) in [5.74, 6) is 2.26. The fourth-order valence-electron chi connectivity index (χ4n) is 3.67. The van der Waals surface area contributed by atoms with Crippen LogP contribution in [0.25, 0.3) is 11.0 Å². The Labute approximate surface area is 197 Å². The fourth-order valence-corrected chi connectivity index (χ4v) is 3.67. The zero-order valence-electron chi connectivity index (χ0n) is 19.7. The topological polar surface area (TPSA) is 96.7 Å². The van der Waals surface area contributed by atoms with Gasteiger partial charge in [-0.2, -0.15) is 5.10 Å². The number of carbonyl (C=O) groups excluding carboxylic acids is 1. The molecule has 0 atom stereocenters. The SMILES string of the molecule is COc1ccc(Cn2ncc3cc(C(=O)Nc4cc(OC)c(OC)cc4C)cnc32)c(OC)c1. The van der Waals surface area contributed by atoms with Crippen molar-refractivity contribution in [1.29, 1.82) is 0 Å². The van der Waals surface area contributed by atoms with Crippen molar-refractivity contribution in [3.63, 3.8) is 0 Å². The van der Waals surface area contributed by atoms with Crippen LogP contribution in [0.3, 0.4) is 0 Å². The number of nitrogens with one attached hydrogen (secondary N) is 1. The molecule has 2 aromatic heterocycles. The highest BCUT2D eigenvalue weighted by molar-refractivity contribution is 6.06. The Balaban J connectivity index is 1.57. The van der Waals surface area contributed by atoms with Gasteiger partial charge in [0, 0.05) is 35.0 Å². The van der Waals surface area contributed by atoms with Gasteiger partial charge in [0.2, 0.25) is 0 Å². The first-order chi connectivity index (χ1) is 16.5. The van der Waals surface area contributed by atoms with Gasteiger partial charge in [0.25, 0.3) is 5.91 Å². The summed E-state index contributed by atoms with van der Waals surface area (Å²) in [6, 6.07) is 10.9. The molecule has 9 heteroatoms. The number of aryl methyl sites for hydroxylation is 1. The van der Waals surface area contributed by atoms with Crippen LogP contribution >= 0.6 is 0 Å². The monoisotopic (exact) mass is 462 g/mol. The first-order valence-corrected chi connectivity index (χ1v) is 10.5. The standard InChI is InChI=1S/C25H26N4O5/c1-15-8-22(33-4)23(34-5)11-20(15)28-25(30)18-9-17-13-27-29(24(17)26-12-18)14-16-6-7-19(31-2)10-21(16)32-3/h6-13H,14H2,1-5H3,(H,28,30). The number of carbonyl (C=O) groups is 1. The molecular weight excluding hydrogens is 436 g/mol. The summed E-state index contributed by atoms with van der Waals surface area (Å²) in [5, 5.41) is 8.13. The molecule has 2 heterocycles. The first kappa shape index (κ1) is 22.9. The van der Waals surface area contributed by atoms with Gasteiger partial charge in [-0.1, -0.05) is 0 Å². The van der Waals surface area contributed by atoms with Crippen molar-refractivity contribution in [2.24, 2.45) is 0 Å². The van der Waals surface area contributed by atoms with E-state index in [0.717, 1.165) is 16.5 Å². The molecule has 4 rings (SSSR count). The number of fused-ring (bicyclic) bond motifs is 1. The van der Waals surface area contributed by atoms with E-state index in [-0.39, 0.29) is 5.91 Å². The van der Waals surface area contributed by atoms with Crippen LogP contribution in [0.4, 0.5) is 5.69 Å². The van der Waals surface area contributed by atoms with Gasteiger partial charge in [0.15, 0.2) is 17.1 Å². The normalized spacial score (nSPS) is 10.7. The minimum absolute atomic E-state index is 0.283. The molecule has 0 aliphatic carbocycles. The van der Waals surface area contributed by atoms with E-state index >= 15 is 0 Å². The van der Waals surface area contributed by atoms with E-state index in [0.29, 0.717) is 46.4 Å². The van der Waals surface area contributed by atoms with E-state index in [1.807, 2.05) is 31.2 Å². The predicted octanol–water partition coefficient (Wildman–Crippen LogP) is 4.07. The Kier molecular flexibility index (Phi) is 6.53. The van der Waals surface area contributed by atoms with Crippen LogP contribution in [0.2, 0.25) is 0 Å². The number of rotatable bonds is 8. The van der Waals surface area contributed by atoms with Gasteiger partial charge in [0.05, 0.1) is 46.7 Å². The van der Waals surface area contributed by atoms with Crippen LogP contribution in [0.1, 0.15) is 21.5 Å². The molecule has 0 spiro atoms. The molecule has 9 nitrogen and oxygen atoms in total. The molecule has 2 aromatic carbocycles. The number of hydrogen-bond donors (Lipinski definition) is 1. The van der Waals surface area contributed by atoms with E-state index < -0.39 is 0 Å². The lowest BCUT2D eigenvalue weighted by Gasteiger charge is -2.13. The number of anilines is 1. The Morgan fingerprint density at radius 2 is 1.65 bits per heavy atom. The Hall–Kier alpha value is -4.27. The number of hydrogen-bond acceptors (Lipinski definition) is 7. The first-order valence-electron chi connectivity index (χ1n) is 10.5. The summed E-state index contributed by atoms with van der Waals surface area (Å²) in [7, 11) is 6.35. The number of pyridine rings is 1. The molecule has 176 valence electrons. The lowest BCUT2D eigenvalue weighted by atomic mass is 10.1. The zero-order chi connectivity index (χ0) is 24.2. The number of nitrogens with zero attached hydrogens (tertiary/aromatic N) is 3. The summed E-state index contributed by atoms with van der Waals surface area (Å²) < 4.78 is 23.2. The third kappa shape index (κ3) is 4.45. The summed E-state index contributed by atoms with van der Waals surface area (Å²) in [6.45, 7) is 2.34. The van der Waals surface area contributed by atoms with Crippen molar-refractivity contribution < 1.29 is 23.7 Å². The molecule has 0 saturated carbocycles. The molecule has 0 aliphatic heterocycles. The van der Waals surface area contributed by atoms with Gasteiger partial charge in [-0.15, -0.1) is 0 Å². The maximum Gasteiger partial charge on any atom is 0.257 e. The number of benzene rings is 2. The maximum absolute atomic E-state index is 12.9. The van der Waals surface area contributed by atoms with Crippen LogP contribution < -0.4 is 24.3 Å². The van der Waals surface area contributed by atoms with Crippen LogP contribution in [0.15, 0.2) is 48.8 Å². The fraction of sp³-hybridized carbons (Fsp3) is 0.240. The largest absolute Gasteiger partial charge is 0.497 e. The number of methoxy groups -OCH3 is 4.